The van der Waals surface area contributed by atoms with Crippen molar-refractivity contribution in [1.82, 2.24) is 9.88 Å². The second-order valence-electron chi connectivity index (χ2n) is 7.48. The molecule has 0 aliphatic carbocycles. The van der Waals surface area contributed by atoms with E-state index < -0.39 is 17.9 Å². The van der Waals surface area contributed by atoms with Crippen molar-refractivity contribution in [2.24, 2.45) is 11.8 Å². The molecule has 0 bridgehead atoms. The first-order valence-corrected chi connectivity index (χ1v) is 9.48. The highest BCUT2D eigenvalue weighted by Gasteiger charge is 2.55. The molecule has 4 atom stereocenters. The second-order valence-corrected chi connectivity index (χ2v) is 7.48. The summed E-state index contributed by atoms with van der Waals surface area (Å²) in [5.74, 6) is -1.27. The van der Waals surface area contributed by atoms with Crippen molar-refractivity contribution in [1.29, 1.82) is 10.5 Å². The molecule has 3 heterocycles. The first kappa shape index (κ1) is 16.7. The number of Topliss-reactive ketones (excluding diaryl/α,β-unsaturated/α-hetero) is 1. The molecular formula is C23H18N4O. The van der Waals surface area contributed by atoms with Crippen LogP contribution in [0.3, 0.4) is 0 Å². The molecule has 0 spiro atoms. The second kappa shape index (κ2) is 6.34. The fraction of sp³-hybridized carbons (Fsp3) is 0.261. The molecule has 3 aromatic rings. The van der Waals surface area contributed by atoms with E-state index in [1.807, 2.05) is 36.4 Å². The van der Waals surface area contributed by atoms with Gasteiger partial charge in [0.15, 0.2) is 5.78 Å². The molecule has 2 aromatic carbocycles. The van der Waals surface area contributed by atoms with Crippen LogP contribution in [-0.4, -0.2) is 28.3 Å². The Balaban J connectivity index is 1.64. The predicted octanol–water partition coefficient (Wildman–Crippen LogP) is 3.61. The summed E-state index contributed by atoms with van der Waals surface area (Å²) in [6.07, 6.45) is 0.796. The minimum Gasteiger partial charge on any atom is -0.357 e. The molecule has 5 rings (SSSR count). The summed E-state index contributed by atoms with van der Waals surface area (Å²) in [4.78, 5) is 18.9. The molecule has 0 radical (unpaired) electrons. The van der Waals surface area contributed by atoms with Crippen LogP contribution in [0.25, 0.3) is 10.9 Å². The van der Waals surface area contributed by atoms with E-state index in [0.717, 1.165) is 17.6 Å². The zero-order chi connectivity index (χ0) is 19.3. The van der Waals surface area contributed by atoms with Gasteiger partial charge in [0.2, 0.25) is 0 Å². The number of ketones is 1. The summed E-state index contributed by atoms with van der Waals surface area (Å²) in [5.41, 5.74) is 3.83. The Labute approximate surface area is 162 Å². The normalized spacial score (nSPS) is 26.2. The number of carbonyl (C=O) groups is 1. The Kier molecular flexibility index (Phi) is 3.79. The van der Waals surface area contributed by atoms with Crippen LogP contribution in [-0.2, 0) is 6.42 Å². The Bertz CT molecular complexity index is 1150. The minimum atomic E-state index is -0.653. The molecule has 0 amide bonds. The number of aromatic amines is 1. The van der Waals surface area contributed by atoms with Gasteiger partial charge in [-0.15, -0.1) is 0 Å². The Hall–Kier alpha value is -3.41. The average molecular weight is 366 g/mol. The SMILES string of the molecule is N#C[C@@H]1[C@@H](C#N)[C@H](C(=O)c2ccccc2)N2CCc3c([nH]c4ccccc34)[C@H]12. The zero-order valence-corrected chi connectivity index (χ0v) is 15.2. The molecule has 5 nitrogen and oxygen atoms in total. The number of aromatic nitrogens is 1. The fourth-order valence-corrected chi connectivity index (χ4v) is 4.97. The van der Waals surface area contributed by atoms with Crippen LogP contribution in [0.15, 0.2) is 54.6 Å². The predicted molar refractivity (Wildman–Crippen MR) is 104 cm³/mol. The van der Waals surface area contributed by atoms with E-state index in [0.29, 0.717) is 12.1 Å². The van der Waals surface area contributed by atoms with Gasteiger partial charge in [0.05, 0.1) is 36.1 Å². The van der Waals surface area contributed by atoms with Crippen molar-refractivity contribution in [3.8, 4) is 12.1 Å². The van der Waals surface area contributed by atoms with E-state index in [4.69, 9.17) is 0 Å². The summed E-state index contributed by atoms with van der Waals surface area (Å²) in [7, 11) is 0. The number of hydrogen-bond acceptors (Lipinski definition) is 4. The van der Waals surface area contributed by atoms with E-state index in [-0.39, 0.29) is 11.8 Å². The molecular weight excluding hydrogens is 348 g/mol. The Morgan fingerprint density at radius 1 is 1.00 bits per heavy atom. The number of hydrogen-bond donors (Lipinski definition) is 1. The van der Waals surface area contributed by atoms with Crippen molar-refractivity contribution in [2.75, 3.05) is 6.54 Å². The average Bonchev–Trinajstić information content (AvgIpc) is 3.28. The topological polar surface area (TPSA) is 83.7 Å². The lowest BCUT2D eigenvalue weighted by atomic mass is 9.85. The fourth-order valence-electron chi connectivity index (χ4n) is 4.97. The molecule has 136 valence electrons. The molecule has 1 N–H and O–H groups in total. The summed E-state index contributed by atoms with van der Waals surface area (Å²) in [5, 5.41) is 21.0. The maximum absolute atomic E-state index is 13.3. The number of nitrogens with zero attached hydrogens (tertiary/aromatic N) is 3. The van der Waals surface area contributed by atoms with Crippen molar-refractivity contribution >= 4 is 16.7 Å². The quantitative estimate of drug-likeness (QED) is 0.702. The third kappa shape index (κ3) is 2.24. The van der Waals surface area contributed by atoms with Crippen LogP contribution in [0, 0.1) is 34.5 Å². The molecule has 2 aliphatic rings. The van der Waals surface area contributed by atoms with E-state index in [2.05, 4.69) is 28.1 Å². The Morgan fingerprint density at radius 3 is 2.46 bits per heavy atom. The van der Waals surface area contributed by atoms with Crippen LogP contribution in [0.4, 0.5) is 0 Å². The molecule has 2 aliphatic heterocycles. The summed E-state index contributed by atoms with van der Waals surface area (Å²) < 4.78 is 0. The number of nitrogens with one attached hydrogen (secondary N) is 1. The summed E-state index contributed by atoms with van der Waals surface area (Å²) in [6.45, 7) is 0.666. The highest BCUT2D eigenvalue weighted by molar-refractivity contribution is 6.01. The number of carbonyl (C=O) groups excluding carboxylic acids is 1. The summed E-state index contributed by atoms with van der Waals surface area (Å²) >= 11 is 0. The highest BCUT2D eigenvalue weighted by atomic mass is 16.1. The largest absolute Gasteiger partial charge is 0.357 e. The van der Waals surface area contributed by atoms with E-state index >= 15 is 0 Å². The lowest BCUT2D eigenvalue weighted by Crippen LogP contribution is -2.43. The van der Waals surface area contributed by atoms with Gasteiger partial charge in [0.25, 0.3) is 0 Å². The van der Waals surface area contributed by atoms with Gasteiger partial charge in [-0.2, -0.15) is 10.5 Å². The molecule has 1 fully saturated rings. The van der Waals surface area contributed by atoms with E-state index in [1.54, 1.807) is 12.1 Å². The van der Waals surface area contributed by atoms with E-state index in [9.17, 15) is 15.3 Å². The number of benzene rings is 2. The van der Waals surface area contributed by atoms with Gasteiger partial charge in [-0.1, -0.05) is 48.5 Å². The van der Waals surface area contributed by atoms with Gasteiger partial charge in [0.1, 0.15) is 0 Å². The standard InChI is InChI=1S/C23H18N4O/c24-12-17-18(13-25)22(23(28)14-6-2-1-3-7-14)27-11-10-16-15-8-4-5-9-19(15)26-20(16)21(17)27/h1-9,17-18,21-22,26H,10-11H2/t17-,18-,21+,22-/m1/s1. The maximum Gasteiger partial charge on any atom is 0.181 e. The highest BCUT2D eigenvalue weighted by Crippen LogP contribution is 2.49. The maximum atomic E-state index is 13.3. The van der Waals surface area contributed by atoms with Crippen LogP contribution >= 0.6 is 0 Å². The summed E-state index contributed by atoms with van der Waals surface area (Å²) in [6, 6.07) is 21.0. The van der Waals surface area contributed by atoms with Gasteiger partial charge in [-0.05, 0) is 18.1 Å². The van der Waals surface area contributed by atoms with Crippen molar-refractivity contribution in [3.63, 3.8) is 0 Å². The third-order valence-electron chi connectivity index (χ3n) is 6.17. The van der Waals surface area contributed by atoms with Gasteiger partial charge < -0.3 is 4.98 Å². The first-order chi connectivity index (χ1) is 13.7. The van der Waals surface area contributed by atoms with Crippen molar-refractivity contribution < 1.29 is 4.79 Å². The van der Waals surface area contributed by atoms with Crippen molar-refractivity contribution in [2.45, 2.75) is 18.5 Å². The molecule has 1 aromatic heterocycles. The van der Waals surface area contributed by atoms with E-state index in [1.165, 1.54) is 10.9 Å². The molecule has 28 heavy (non-hydrogen) atoms. The Morgan fingerprint density at radius 2 is 1.71 bits per heavy atom. The number of H-pyrrole nitrogens is 1. The smallest absolute Gasteiger partial charge is 0.181 e. The van der Waals surface area contributed by atoms with Gasteiger partial charge in [-0.3, -0.25) is 9.69 Å². The third-order valence-corrected chi connectivity index (χ3v) is 6.17. The van der Waals surface area contributed by atoms with Gasteiger partial charge in [-0.25, -0.2) is 0 Å². The number of para-hydroxylation sites is 1. The number of fused-ring (bicyclic) bond motifs is 5. The number of rotatable bonds is 2. The number of nitriles is 2. The van der Waals surface area contributed by atoms with Crippen LogP contribution in [0.2, 0.25) is 0 Å². The lowest BCUT2D eigenvalue weighted by Gasteiger charge is -2.34. The monoisotopic (exact) mass is 366 g/mol. The zero-order valence-electron chi connectivity index (χ0n) is 15.2. The first-order valence-electron chi connectivity index (χ1n) is 9.48. The minimum absolute atomic E-state index is 0.0746. The lowest BCUT2D eigenvalue weighted by molar-refractivity contribution is 0.0802. The van der Waals surface area contributed by atoms with Crippen LogP contribution < -0.4 is 0 Å². The molecule has 1 saturated heterocycles. The molecule has 0 unspecified atom stereocenters. The van der Waals surface area contributed by atoms with Gasteiger partial charge in [0, 0.05) is 28.7 Å². The molecule has 5 heteroatoms. The van der Waals surface area contributed by atoms with Crippen LogP contribution in [0.1, 0.15) is 27.7 Å². The van der Waals surface area contributed by atoms with Crippen LogP contribution in [0.5, 0.6) is 0 Å². The molecule has 0 saturated carbocycles. The van der Waals surface area contributed by atoms with Crippen molar-refractivity contribution in [3.05, 3.63) is 71.4 Å². The van der Waals surface area contributed by atoms with Gasteiger partial charge >= 0.3 is 0 Å².